The van der Waals surface area contributed by atoms with Crippen molar-refractivity contribution < 1.29 is 0 Å². The molecule has 1 N–H and O–H groups in total. The minimum Gasteiger partial charge on any atom is -0.371 e. The molecule has 2 heteroatoms. The molecule has 1 aromatic carbocycles. The average Bonchev–Trinajstić information content (AvgIpc) is 2.52. The lowest BCUT2D eigenvalue weighted by atomic mass is 9.84. The number of rotatable bonds is 7. The summed E-state index contributed by atoms with van der Waals surface area (Å²) < 4.78 is 0. The maximum atomic E-state index is 3.79. The third-order valence-electron chi connectivity index (χ3n) is 4.86. The number of hydrogen-bond acceptors (Lipinski definition) is 2. The van der Waals surface area contributed by atoms with Gasteiger partial charge in [-0.05, 0) is 57.2 Å². The van der Waals surface area contributed by atoms with Crippen molar-refractivity contribution in [1.29, 1.82) is 0 Å². The molecule has 1 fully saturated rings. The molecule has 1 aliphatic carbocycles. The number of nitrogens with one attached hydrogen (secondary N) is 1. The number of nitrogens with zero attached hydrogens (tertiary/aromatic N) is 1. The minimum atomic E-state index is 0.719. The summed E-state index contributed by atoms with van der Waals surface area (Å²) in [5.74, 6) is 0.796. The zero-order valence-corrected chi connectivity index (χ0v) is 14.1. The highest BCUT2D eigenvalue weighted by atomic mass is 15.1. The van der Waals surface area contributed by atoms with E-state index >= 15 is 0 Å². The van der Waals surface area contributed by atoms with Gasteiger partial charge in [0.2, 0.25) is 0 Å². The molecule has 0 saturated heterocycles. The molecule has 0 heterocycles. The molecule has 118 valence electrons. The normalized spacial score (nSPS) is 22.2. The van der Waals surface area contributed by atoms with Crippen molar-refractivity contribution in [3.8, 4) is 0 Å². The molecule has 0 bridgehead atoms. The van der Waals surface area contributed by atoms with Gasteiger partial charge in [-0.3, -0.25) is 0 Å². The highest BCUT2D eigenvalue weighted by molar-refractivity contribution is 5.52. The molecule has 0 amide bonds. The van der Waals surface area contributed by atoms with E-state index in [1.165, 1.54) is 49.9 Å². The number of para-hydroxylation sites is 1. The van der Waals surface area contributed by atoms with Crippen LogP contribution in [0.25, 0.3) is 0 Å². The van der Waals surface area contributed by atoms with Crippen LogP contribution in [-0.4, -0.2) is 25.7 Å². The second-order valence-electron chi connectivity index (χ2n) is 6.43. The van der Waals surface area contributed by atoms with Gasteiger partial charge in [0.15, 0.2) is 0 Å². The van der Waals surface area contributed by atoms with Crippen molar-refractivity contribution in [2.75, 3.05) is 24.5 Å². The van der Waals surface area contributed by atoms with E-state index in [1.54, 1.807) is 0 Å². The van der Waals surface area contributed by atoms with Crippen molar-refractivity contribution in [3.05, 3.63) is 29.8 Å². The Hall–Kier alpha value is -1.02. The largest absolute Gasteiger partial charge is 0.371 e. The Morgan fingerprint density at radius 1 is 1.14 bits per heavy atom. The van der Waals surface area contributed by atoms with Crippen molar-refractivity contribution in [2.24, 2.45) is 5.92 Å². The number of anilines is 1. The quantitative estimate of drug-likeness (QED) is 0.801. The fraction of sp³-hybridized carbons (Fsp3) is 0.684. The standard InChI is InChI=1S/C19H32N2/c1-4-14-20-18-12-8-7-11-17(18)15-21(5-2)19-13-9-6-10-16(19)3/h6,9-10,13,17-18,20H,4-5,7-8,11-12,14-15H2,1-3H3. The van der Waals surface area contributed by atoms with E-state index in [4.69, 9.17) is 0 Å². The SMILES string of the molecule is CCCNC1CCCCC1CN(CC)c1ccccc1C. The fourth-order valence-corrected chi connectivity index (χ4v) is 3.62. The van der Waals surface area contributed by atoms with E-state index in [9.17, 15) is 0 Å². The first-order chi connectivity index (χ1) is 10.3. The summed E-state index contributed by atoms with van der Waals surface area (Å²) in [6.07, 6.45) is 6.77. The fourth-order valence-electron chi connectivity index (χ4n) is 3.62. The summed E-state index contributed by atoms with van der Waals surface area (Å²) in [6.45, 7) is 10.2. The maximum Gasteiger partial charge on any atom is 0.0395 e. The van der Waals surface area contributed by atoms with Gasteiger partial charge < -0.3 is 10.2 Å². The first kappa shape index (κ1) is 16.4. The van der Waals surface area contributed by atoms with Crippen LogP contribution in [0.2, 0.25) is 0 Å². The number of aryl methyl sites for hydroxylation is 1. The Kier molecular flexibility index (Phi) is 6.56. The van der Waals surface area contributed by atoms with Crippen LogP contribution < -0.4 is 10.2 Å². The van der Waals surface area contributed by atoms with E-state index in [-0.39, 0.29) is 0 Å². The summed E-state index contributed by atoms with van der Waals surface area (Å²) in [7, 11) is 0. The Morgan fingerprint density at radius 2 is 1.90 bits per heavy atom. The molecule has 1 aliphatic rings. The van der Waals surface area contributed by atoms with Gasteiger partial charge >= 0.3 is 0 Å². The topological polar surface area (TPSA) is 15.3 Å². The summed E-state index contributed by atoms with van der Waals surface area (Å²) >= 11 is 0. The Bertz CT molecular complexity index is 416. The molecule has 2 unspecified atom stereocenters. The van der Waals surface area contributed by atoms with Gasteiger partial charge in [0.25, 0.3) is 0 Å². The second kappa shape index (κ2) is 8.43. The van der Waals surface area contributed by atoms with E-state index < -0.39 is 0 Å². The lowest BCUT2D eigenvalue weighted by Crippen LogP contribution is -2.44. The van der Waals surface area contributed by atoms with Crippen LogP contribution in [0.5, 0.6) is 0 Å². The molecule has 2 atom stereocenters. The Balaban J connectivity index is 2.03. The van der Waals surface area contributed by atoms with Gasteiger partial charge in [-0.1, -0.05) is 38.0 Å². The van der Waals surface area contributed by atoms with Gasteiger partial charge in [0, 0.05) is 24.8 Å². The average molecular weight is 288 g/mol. The van der Waals surface area contributed by atoms with Crippen molar-refractivity contribution in [1.82, 2.24) is 5.32 Å². The van der Waals surface area contributed by atoms with E-state index in [2.05, 4.69) is 55.3 Å². The van der Waals surface area contributed by atoms with Crippen molar-refractivity contribution in [2.45, 2.75) is 58.9 Å². The Morgan fingerprint density at radius 3 is 2.62 bits per heavy atom. The Labute approximate surface area is 130 Å². The second-order valence-corrected chi connectivity index (χ2v) is 6.43. The smallest absolute Gasteiger partial charge is 0.0395 e. The van der Waals surface area contributed by atoms with Gasteiger partial charge in [-0.15, -0.1) is 0 Å². The first-order valence-electron chi connectivity index (χ1n) is 8.80. The molecule has 2 nitrogen and oxygen atoms in total. The number of benzene rings is 1. The van der Waals surface area contributed by atoms with Crippen LogP contribution in [-0.2, 0) is 0 Å². The lowest BCUT2D eigenvalue weighted by Gasteiger charge is -2.37. The molecular weight excluding hydrogens is 256 g/mol. The summed E-state index contributed by atoms with van der Waals surface area (Å²) in [5.41, 5.74) is 2.81. The van der Waals surface area contributed by atoms with E-state index in [0.717, 1.165) is 25.0 Å². The predicted octanol–water partition coefficient (Wildman–Crippen LogP) is 4.38. The van der Waals surface area contributed by atoms with Crippen molar-refractivity contribution in [3.63, 3.8) is 0 Å². The van der Waals surface area contributed by atoms with Gasteiger partial charge in [0.05, 0.1) is 0 Å². The molecule has 0 aromatic heterocycles. The molecule has 1 aromatic rings. The molecule has 0 aliphatic heterocycles. The first-order valence-corrected chi connectivity index (χ1v) is 8.80. The molecule has 0 spiro atoms. The molecule has 2 rings (SSSR count). The zero-order chi connectivity index (χ0) is 15.1. The highest BCUT2D eigenvalue weighted by Gasteiger charge is 2.26. The molecule has 21 heavy (non-hydrogen) atoms. The summed E-state index contributed by atoms with van der Waals surface area (Å²) in [6, 6.07) is 9.52. The summed E-state index contributed by atoms with van der Waals surface area (Å²) in [5, 5.41) is 3.79. The van der Waals surface area contributed by atoms with Crippen LogP contribution in [0.15, 0.2) is 24.3 Å². The van der Waals surface area contributed by atoms with Gasteiger partial charge in [-0.2, -0.15) is 0 Å². The minimum absolute atomic E-state index is 0.719. The third kappa shape index (κ3) is 4.47. The number of hydrogen-bond donors (Lipinski definition) is 1. The predicted molar refractivity (Wildman–Crippen MR) is 93.1 cm³/mol. The van der Waals surface area contributed by atoms with Gasteiger partial charge in [0.1, 0.15) is 0 Å². The monoisotopic (exact) mass is 288 g/mol. The molecule has 0 radical (unpaired) electrons. The van der Waals surface area contributed by atoms with Crippen LogP contribution >= 0.6 is 0 Å². The van der Waals surface area contributed by atoms with E-state index in [1.807, 2.05) is 0 Å². The van der Waals surface area contributed by atoms with Crippen molar-refractivity contribution >= 4 is 5.69 Å². The van der Waals surface area contributed by atoms with Gasteiger partial charge in [-0.25, -0.2) is 0 Å². The maximum absolute atomic E-state index is 3.79. The van der Waals surface area contributed by atoms with Crippen LogP contribution in [0, 0.1) is 12.8 Å². The van der Waals surface area contributed by atoms with Crippen LogP contribution in [0.4, 0.5) is 5.69 Å². The molecular formula is C19H32N2. The lowest BCUT2D eigenvalue weighted by molar-refractivity contribution is 0.265. The highest BCUT2D eigenvalue weighted by Crippen LogP contribution is 2.28. The molecule has 1 saturated carbocycles. The summed E-state index contributed by atoms with van der Waals surface area (Å²) in [4.78, 5) is 2.58. The van der Waals surface area contributed by atoms with Crippen LogP contribution in [0.1, 0.15) is 51.5 Å². The third-order valence-corrected chi connectivity index (χ3v) is 4.86. The zero-order valence-electron chi connectivity index (χ0n) is 14.1. The van der Waals surface area contributed by atoms with E-state index in [0.29, 0.717) is 0 Å². The van der Waals surface area contributed by atoms with Crippen LogP contribution in [0.3, 0.4) is 0 Å².